The first kappa shape index (κ1) is 18.5. The van der Waals surface area contributed by atoms with E-state index in [1.807, 2.05) is 12.1 Å². The van der Waals surface area contributed by atoms with Crippen molar-refractivity contribution >= 4 is 17.3 Å². The molecule has 8 nitrogen and oxygen atoms in total. The van der Waals surface area contributed by atoms with Crippen LogP contribution in [0.4, 0.5) is 11.4 Å². The van der Waals surface area contributed by atoms with Crippen molar-refractivity contribution in [3.8, 4) is 11.5 Å². The molecule has 142 valence electrons. The van der Waals surface area contributed by atoms with Gasteiger partial charge in [0.15, 0.2) is 0 Å². The number of benzene rings is 2. The Morgan fingerprint density at radius 3 is 2.70 bits per heavy atom. The maximum absolute atomic E-state index is 12.1. The highest BCUT2D eigenvalue weighted by Crippen LogP contribution is 2.26. The predicted octanol–water partition coefficient (Wildman–Crippen LogP) is 2.99. The lowest BCUT2D eigenvalue weighted by molar-refractivity contribution is -0.384. The average Bonchev–Trinajstić information content (AvgIpc) is 3.49. The largest absolute Gasteiger partial charge is 0.497 e. The number of methoxy groups -OCH3 is 1. The quantitative estimate of drug-likeness (QED) is 0.399. The molecule has 0 aliphatic heterocycles. The number of hydrogen-bond acceptors (Lipinski definition) is 6. The van der Waals surface area contributed by atoms with Crippen LogP contribution in [0.3, 0.4) is 0 Å². The highest BCUT2D eigenvalue weighted by Gasteiger charge is 2.25. The zero-order valence-corrected chi connectivity index (χ0v) is 14.9. The van der Waals surface area contributed by atoms with Crippen molar-refractivity contribution in [2.75, 3.05) is 25.6 Å². The van der Waals surface area contributed by atoms with Gasteiger partial charge in [-0.3, -0.25) is 14.9 Å². The monoisotopic (exact) mass is 371 g/mol. The summed E-state index contributed by atoms with van der Waals surface area (Å²) in [6.07, 6.45) is 1.92. The van der Waals surface area contributed by atoms with Crippen LogP contribution in [0.15, 0.2) is 42.5 Å². The molecule has 1 aliphatic carbocycles. The van der Waals surface area contributed by atoms with Crippen LogP contribution in [0, 0.1) is 10.1 Å². The van der Waals surface area contributed by atoms with Gasteiger partial charge in [-0.05, 0) is 37.1 Å². The fourth-order valence-corrected chi connectivity index (χ4v) is 2.52. The molecule has 27 heavy (non-hydrogen) atoms. The van der Waals surface area contributed by atoms with Gasteiger partial charge in [-0.1, -0.05) is 6.07 Å². The third-order valence-electron chi connectivity index (χ3n) is 4.10. The van der Waals surface area contributed by atoms with Crippen LogP contribution in [0.5, 0.6) is 11.5 Å². The second-order valence-electron chi connectivity index (χ2n) is 6.19. The molecule has 8 heteroatoms. The summed E-state index contributed by atoms with van der Waals surface area (Å²) < 4.78 is 10.7. The molecule has 0 unspecified atom stereocenters. The van der Waals surface area contributed by atoms with Crippen molar-refractivity contribution in [2.24, 2.45) is 0 Å². The summed E-state index contributed by atoms with van der Waals surface area (Å²) in [7, 11) is 1.58. The van der Waals surface area contributed by atoms with Gasteiger partial charge in [-0.15, -0.1) is 0 Å². The summed E-state index contributed by atoms with van der Waals surface area (Å²) >= 11 is 0. The minimum atomic E-state index is -0.501. The van der Waals surface area contributed by atoms with E-state index in [0.717, 1.165) is 12.8 Å². The van der Waals surface area contributed by atoms with Crippen LogP contribution >= 0.6 is 0 Å². The average molecular weight is 371 g/mol. The van der Waals surface area contributed by atoms with Crippen LogP contribution in [0.25, 0.3) is 0 Å². The van der Waals surface area contributed by atoms with E-state index in [9.17, 15) is 14.9 Å². The van der Waals surface area contributed by atoms with E-state index >= 15 is 0 Å². The summed E-state index contributed by atoms with van der Waals surface area (Å²) in [6.45, 7) is 0.680. The Morgan fingerprint density at radius 1 is 1.22 bits per heavy atom. The van der Waals surface area contributed by atoms with E-state index in [2.05, 4.69) is 10.6 Å². The van der Waals surface area contributed by atoms with Crippen molar-refractivity contribution in [3.05, 3.63) is 58.1 Å². The number of nitrogens with zero attached hydrogens (tertiary/aromatic N) is 1. The summed E-state index contributed by atoms with van der Waals surface area (Å²) in [4.78, 5) is 22.9. The van der Waals surface area contributed by atoms with E-state index < -0.39 is 4.92 Å². The molecule has 0 atom stereocenters. The Balaban J connectivity index is 1.58. The lowest BCUT2D eigenvalue weighted by Crippen LogP contribution is -2.25. The number of ether oxygens (including phenoxy) is 2. The second-order valence-corrected chi connectivity index (χ2v) is 6.19. The normalized spacial score (nSPS) is 12.9. The van der Waals surface area contributed by atoms with Crippen molar-refractivity contribution in [2.45, 2.75) is 18.9 Å². The van der Waals surface area contributed by atoms with E-state index in [1.54, 1.807) is 31.4 Å². The molecule has 1 fully saturated rings. The van der Waals surface area contributed by atoms with Crippen LogP contribution in [-0.4, -0.2) is 37.1 Å². The molecule has 2 aromatic rings. The van der Waals surface area contributed by atoms with Crippen LogP contribution in [0.2, 0.25) is 0 Å². The van der Waals surface area contributed by atoms with Gasteiger partial charge in [0.25, 0.3) is 11.6 Å². The molecule has 2 aromatic carbocycles. The fraction of sp³-hybridized carbons (Fsp3) is 0.316. The molecular formula is C19H21N3O5. The lowest BCUT2D eigenvalue weighted by Gasteiger charge is -2.11. The van der Waals surface area contributed by atoms with E-state index in [4.69, 9.17) is 9.47 Å². The molecule has 3 rings (SSSR count). The highest BCUT2D eigenvalue weighted by atomic mass is 16.6. The first-order valence-corrected chi connectivity index (χ1v) is 8.67. The molecule has 0 aromatic heterocycles. The zero-order chi connectivity index (χ0) is 19.2. The maximum atomic E-state index is 12.1. The minimum Gasteiger partial charge on any atom is -0.497 e. The Morgan fingerprint density at radius 2 is 2.00 bits per heavy atom. The molecule has 0 spiro atoms. The van der Waals surface area contributed by atoms with Gasteiger partial charge in [-0.2, -0.15) is 0 Å². The lowest BCUT2D eigenvalue weighted by atomic mass is 10.1. The Bertz CT molecular complexity index is 836. The predicted molar refractivity (Wildman–Crippen MR) is 101 cm³/mol. The second kappa shape index (κ2) is 8.39. The van der Waals surface area contributed by atoms with Crippen LogP contribution in [-0.2, 0) is 0 Å². The molecule has 2 N–H and O–H groups in total. The van der Waals surface area contributed by atoms with Crippen LogP contribution < -0.4 is 20.1 Å². The smallest absolute Gasteiger partial charge is 0.293 e. The summed E-state index contributed by atoms with van der Waals surface area (Å²) in [5, 5.41) is 17.2. The maximum Gasteiger partial charge on any atom is 0.293 e. The summed E-state index contributed by atoms with van der Waals surface area (Å²) in [5.74, 6) is 1.06. The Hall–Kier alpha value is -3.29. The molecule has 1 amide bonds. The van der Waals surface area contributed by atoms with Gasteiger partial charge in [0, 0.05) is 30.3 Å². The van der Waals surface area contributed by atoms with Crippen LogP contribution in [0.1, 0.15) is 23.2 Å². The van der Waals surface area contributed by atoms with Crippen molar-refractivity contribution in [3.63, 3.8) is 0 Å². The molecule has 0 radical (unpaired) electrons. The third-order valence-corrected chi connectivity index (χ3v) is 4.10. The standard InChI is InChI=1S/C19H21N3O5/c1-26-15-3-2-4-16(12-15)27-10-9-20-17-8-5-13(11-18(17)22(24)25)19(23)21-14-6-7-14/h2-5,8,11-12,14,20H,6-7,9-10H2,1H3,(H,21,23). The molecule has 1 aliphatic rings. The van der Waals surface area contributed by atoms with E-state index in [-0.39, 0.29) is 23.2 Å². The number of hydrogen-bond donors (Lipinski definition) is 2. The number of carbonyl (C=O) groups excluding carboxylic acids is 1. The van der Waals surface area contributed by atoms with Gasteiger partial charge in [-0.25, -0.2) is 0 Å². The van der Waals surface area contributed by atoms with Crippen molar-refractivity contribution in [1.82, 2.24) is 5.32 Å². The summed E-state index contributed by atoms with van der Waals surface area (Å²) in [6, 6.07) is 11.8. The molecular weight excluding hydrogens is 350 g/mol. The van der Waals surface area contributed by atoms with Crippen molar-refractivity contribution < 1.29 is 19.2 Å². The number of rotatable bonds is 9. The van der Waals surface area contributed by atoms with E-state index in [0.29, 0.717) is 30.3 Å². The van der Waals surface area contributed by atoms with Gasteiger partial charge in [0.2, 0.25) is 0 Å². The van der Waals surface area contributed by atoms with Gasteiger partial charge < -0.3 is 20.1 Å². The van der Waals surface area contributed by atoms with Gasteiger partial charge in [0.1, 0.15) is 23.8 Å². The Kier molecular flexibility index (Phi) is 5.75. The number of nitro groups is 1. The number of nitro benzene ring substituents is 1. The molecule has 0 saturated heterocycles. The van der Waals surface area contributed by atoms with Crippen molar-refractivity contribution in [1.29, 1.82) is 0 Å². The molecule has 1 saturated carbocycles. The third kappa shape index (κ3) is 5.10. The molecule has 0 heterocycles. The topological polar surface area (TPSA) is 103 Å². The number of nitrogens with one attached hydrogen (secondary N) is 2. The fourth-order valence-electron chi connectivity index (χ4n) is 2.52. The highest BCUT2D eigenvalue weighted by molar-refractivity contribution is 5.96. The van der Waals surface area contributed by atoms with Gasteiger partial charge in [0.05, 0.1) is 12.0 Å². The zero-order valence-electron chi connectivity index (χ0n) is 14.9. The SMILES string of the molecule is COc1cccc(OCCNc2ccc(C(=O)NC3CC3)cc2[N+](=O)[O-])c1. The van der Waals surface area contributed by atoms with E-state index in [1.165, 1.54) is 6.07 Å². The Labute approximate surface area is 156 Å². The molecule has 0 bridgehead atoms. The minimum absolute atomic E-state index is 0.139. The first-order valence-electron chi connectivity index (χ1n) is 8.67. The number of carbonyl (C=O) groups is 1. The first-order chi connectivity index (χ1) is 13.1. The van der Waals surface area contributed by atoms with Gasteiger partial charge >= 0.3 is 0 Å². The number of amides is 1. The number of anilines is 1. The summed E-state index contributed by atoms with van der Waals surface area (Å²) in [5.41, 5.74) is 0.490.